The highest BCUT2D eigenvalue weighted by Gasteiger charge is 2.15. The van der Waals surface area contributed by atoms with Gasteiger partial charge in [-0.2, -0.15) is 0 Å². The van der Waals surface area contributed by atoms with Crippen molar-refractivity contribution in [2.75, 3.05) is 0 Å². The first-order valence-corrected chi connectivity index (χ1v) is 6.41. The summed E-state index contributed by atoms with van der Waals surface area (Å²) in [6.07, 6.45) is 11.1. The minimum atomic E-state index is 0.380. The molecule has 0 aliphatic heterocycles. The van der Waals surface area contributed by atoms with Crippen molar-refractivity contribution in [2.45, 2.75) is 50.8 Å². The molecule has 1 aromatic rings. The first kappa shape index (κ1) is 11.0. The lowest BCUT2D eigenvalue weighted by atomic mass is 9.96. The average molecular weight is 228 g/mol. The van der Waals surface area contributed by atoms with Crippen molar-refractivity contribution < 1.29 is 4.42 Å². The normalized spacial score (nSPS) is 19.0. The van der Waals surface area contributed by atoms with Gasteiger partial charge in [-0.25, -0.2) is 4.98 Å². The Morgan fingerprint density at radius 1 is 1.27 bits per heavy atom. The summed E-state index contributed by atoms with van der Waals surface area (Å²) in [5.41, 5.74) is 0. The largest absolute Gasteiger partial charge is 0.444 e. The van der Waals surface area contributed by atoms with E-state index in [1.54, 1.807) is 0 Å². The summed E-state index contributed by atoms with van der Waals surface area (Å²) in [5, 5.41) is 0. The molecule has 0 amide bonds. The highest BCUT2D eigenvalue weighted by Crippen LogP contribution is 2.26. The minimum absolute atomic E-state index is 0.380. The lowest BCUT2D eigenvalue weighted by molar-refractivity contribution is 0.392. The van der Waals surface area contributed by atoms with Crippen molar-refractivity contribution in [2.24, 2.45) is 5.92 Å². The van der Waals surface area contributed by atoms with Gasteiger partial charge in [0, 0.05) is 6.42 Å². The predicted octanol–water partition coefficient (Wildman–Crippen LogP) is 3.93. The first-order chi connectivity index (χ1) is 7.38. The Labute approximate surface area is 96.0 Å². The number of oxazole rings is 1. The molecule has 0 radical (unpaired) electrons. The number of aromatic nitrogens is 1. The Kier molecular flexibility index (Phi) is 4.07. The van der Waals surface area contributed by atoms with Crippen molar-refractivity contribution in [1.29, 1.82) is 0 Å². The van der Waals surface area contributed by atoms with Crippen LogP contribution in [0.25, 0.3) is 0 Å². The van der Waals surface area contributed by atoms with Gasteiger partial charge in [-0.15, -0.1) is 11.6 Å². The van der Waals surface area contributed by atoms with E-state index in [-0.39, 0.29) is 0 Å². The molecule has 0 N–H and O–H groups in total. The van der Waals surface area contributed by atoms with Gasteiger partial charge in [0.05, 0.1) is 12.1 Å². The molecule has 1 saturated carbocycles. The van der Waals surface area contributed by atoms with Gasteiger partial charge in [-0.1, -0.05) is 38.5 Å². The van der Waals surface area contributed by atoms with E-state index < -0.39 is 0 Å². The number of rotatable bonds is 3. The van der Waals surface area contributed by atoms with Crippen molar-refractivity contribution in [1.82, 2.24) is 4.98 Å². The SMILES string of the molecule is ClCc1ncc(CC2CCCCCC2)o1. The molecule has 0 atom stereocenters. The Bertz CT molecular complexity index is 290. The van der Waals surface area contributed by atoms with Gasteiger partial charge >= 0.3 is 0 Å². The van der Waals surface area contributed by atoms with Crippen LogP contribution in [0, 0.1) is 5.92 Å². The fourth-order valence-electron chi connectivity index (χ4n) is 2.36. The Hall–Kier alpha value is -0.500. The highest BCUT2D eigenvalue weighted by atomic mass is 35.5. The zero-order valence-corrected chi connectivity index (χ0v) is 9.80. The Balaban J connectivity index is 1.89. The van der Waals surface area contributed by atoms with Gasteiger partial charge in [0.2, 0.25) is 5.89 Å². The van der Waals surface area contributed by atoms with Crippen LogP contribution in [0.15, 0.2) is 10.6 Å². The summed E-state index contributed by atoms with van der Waals surface area (Å²) in [6, 6.07) is 0. The Morgan fingerprint density at radius 2 is 2.00 bits per heavy atom. The third kappa shape index (κ3) is 3.23. The summed E-state index contributed by atoms with van der Waals surface area (Å²) in [4.78, 5) is 4.12. The molecule has 1 aliphatic rings. The second kappa shape index (κ2) is 5.55. The monoisotopic (exact) mass is 227 g/mol. The van der Waals surface area contributed by atoms with Gasteiger partial charge in [0.25, 0.3) is 0 Å². The summed E-state index contributed by atoms with van der Waals surface area (Å²) >= 11 is 5.65. The number of alkyl halides is 1. The third-order valence-electron chi connectivity index (χ3n) is 3.18. The van der Waals surface area contributed by atoms with Gasteiger partial charge in [-0.3, -0.25) is 0 Å². The van der Waals surface area contributed by atoms with E-state index in [0.29, 0.717) is 11.8 Å². The zero-order chi connectivity index (χ0) is 10.5. The molecule has 84 valence electrons. The number of hydrogen-bond acceptors (Lipinski definition) is 2. The van der Waals surface area contributed by atoms with Crippen molar-refractivity contribution >= 4 is 11.6 Å². The van der Waals surface area contributed by atoms with Crippen molar-refractivity contribution in [3.8, 4) is 0 Å². The van der Waals surface area contributed by atoms with Gasteiger partial charge in [0.15, 0.2) is 0 Å². The molecule has 2 nitrogen and oxygen atoms in total. The standard InChI is InChI=1S/C12H18ClNO/c13-8-12-14-9-11(15-12)7-10-5-3-1-2-4-6-10/h9-10H,1-8H2. The van der Waals surface area contributed by atoms with Crippen LogP contribution in [-0.2, 0) is 12.3 Å². The van der Waals surface area contributed by atoms with Crippen LogP contribution < -0.4 is 0 Å². The molecular weight excluding hydrogens is 210 g/mol. The molecule has 1 aromatic heterocycles. The Morgan fingerprint density at radius 3 is 2.60 bits per heavy atom. The molecular formula is C12H18ClNO. The van der Waals surface area contributed by atoms with E-state index in [2.05, 4.69) is 4.98 Å². The van der Waals surface area contributed by atoms with Crippen LogP contribution >= 0.6 is 11.6 Å². The number of halogens is 1. The van der Waals surface area contributed by atoms with Gasteiger partial charge in [0.1, 0.15) is 5.76 Å². The fourth-order valence-corrected chi connectivity index (χ4v) is 2.48. The predicted molar refractivity (Wildman–Crippen MR) is 61.0 cm³/mol. The molecule has 3 heteroatoms. The molecule has 1 heterocycles. The minimum Gasteiger partial charge on any atom is -0.444 e. The molecule has 1 fully saturated rings. The van der Waals surface area contributed by atoms with Crippen molar-refractivity contribution in [3.05, 3.63) is 17.8 Å². The maximum absolute atomic E-state index is 5.65. The van der Waals surface area contributed by atoms with E-state index in [9.17, 15) is 0 Å². The topological polar surface area (TPSA) is 26.0 Å². The van der Waals surface area contributed by atoms with E-state index in [1.165, 1.54) is 38.5 Å². The quantitative estimate of drug-likeness (QED) is 0.578. The third-order valence-corrected chi connectivity index (χ3v) is 3.41. The molecule has 0 spiro atoms. The summed E-state index contributed by atoms with van der Waals surface area (Å²) in [7, 11) is 0. The van der Waals surface area contributed by atoms with Gasteiger partial charge < -0.3 is 4.42 Å². The smallest absolute Gasteiger partial charge is 0.209 e. The highest BCUT2D eigenvalue weighted by molar-refractivity contribution is 6.16. The molecule has 0 unspecified atom stereocenters. The lowest BCUT2D eigenvalue weighted by Crippen LogP contribution is -2.02. The molecule has 0 saturated heterocycles. The van der Waals surface area contributed by atoms with Crippen molar-refractivity contribution in [3.63, 3.8) is 0 Å². The number of hydrogen-bond donors (Lipinski definition) is 0. The van der Waals surface area contributed by atoms with Crippen LogP contribution in [0.2, 0.25) is 0 Å². The maximum Gasteiger partial charge on any atom is 0.209 e. The van der Waals surface area contributed by atoms with E-state index >= 15 is 0 Å². The fraction of sp³-hybridized carbons (Fsp3) is 0.750. The molecule has 0 bridgehead atoms. The molecule has 0 aromatic carbocycles. The second-order valence-corrected chi connectivity index (χ2v) is 4.68. The van der Waals surface area contributed by atoms with Crippen LogP contribution in [0.4, 0.5) is 0 Å². The molecule has 1 aliphatic carbocycles. The molecule has 2 rings (SSSR count). The summed E-state index contributed by atoms with van der Waals surface area (Å²) in [6.45, 7) is 0. The van der Waals surface area contributed by atoms with Gasteiger partial charge in [-0.05, 0) is 5.92 Å². The van der Waals surface area contributed by atoms with Crippen LogP contribution in [0.3, 0.4) is 0 Å². The molecule has 15 heavy (non-hydrogen) atoms. The van der Waals surface area contributed by atoms with E-state index in [4.69, 9.17) is 16.0 Å². The van der Waals surface area contributed by atoms with Crippen LogP contribution in [-0.4, -0.2) is 4.98 Å². The summed E-state index contributed by atoms with van der Waals surface area (Å²) < 4.78 is 5.53. The lowest BCUT2D eigenvalue weighted by Gasteiger charge is -2.10. The van der Waals surface area contributed by atoms with E-state index in [1.807, 2.05) is 6.20 Å². The average Bonchev–Trinajstić information content (AvgIpc) is 2.54. The first-order valence-electron chi connectivity index (χ1n) is 5.88. The van der Waals surface area contributed by atoms with E-state index in [0.717, 1.165) is 18.1 Å². The maximum atomic E-state index is 5.65. The summed E-state index contributed by atoms with van der Waals surface area (Å²) in [5.74, 6) is 2.84. The zero-order valence-electron chi connectivity index (χ0n) is 9.04. The second-order valence-electron chi connectivity index (χ2n) is 4.42. The van der Waals surface area contributed by atoms with Crippen LogP contribution in [0.5, 0.6) is 0 Å². The number of nitrogens with zero attached hydrogens (tertiary/aromatic N) is 1. The van der Waals surface area contributed by atoms with Crippen LogP contribution in [0.1, 0.15) is 50.2 Å².